The van der Waals surface area contributed by atoms with Crippen molar-refractivity contribution in [2.75, 3.05) is 18.4 Å². The summed E-state index contributed by atoms with van der Waals surface area (Å²) in [5, 5.41) is 3.30. The number of pyridine rings is 2. The summed E-state index contributed by atoms with van der Waals surface area (Å²) in [4.78, 5) is 26.1. The fraction of sp³-hybridized carbons (Fsp3) is 0.345. The molecule has 0 aliphatic carbocycles. The zero-order chi connectivity index (χ0) is 27.1. The number of amides is 1. The van der Waals surface area contributed by atoms with E-state index in [1.54, 1.807) is 30.9 Å². The number of hydrogen-bond donors (Lipinski definition) is 1. The number of carbonyl (C=O) groups excluding carboxylic acids is 1. The van der Waals surface area contributed by atoms with Crippen LogP contribution in [0.3, 0.4) is 0 Å². The second-order valence-corrected chi connectivity index (χ2v) is 9.72. The molecule has 0 saturated carbocycles. The third kappa shape index (κ3) is 7.41. The Morgan fingerprint density at radius 3 is 2.37 bits per heavy atom. The molecule has 6 nitrogen and oxygen atoms in total. The molecule has 1 aliphatic heterocycles. The average molecular weight is 524 g/mol. The number of nitrogens with one attached hydrogen (secondary N) is 1. The molecule has 9 heteroatoms. The molecule has 1 aromatic carbocycles. The zero-order valence-electron chi connectivity index (χ0n) is 21.5. The molecule has 0 radical (unpaired) electrons. The second kappa shape index (κ2) is 12.2. The molecule has 4 rings (SSSR count). The first-order valence-corrected chi connectivity index (χ1v) is 12.7. The van der Waals surface area contributed by atoms with Crippen molar-refractivity contribution in [1.82, 2.24) is 19.8 Å². The summed E-state index contributed by atoms with van der Waals surface area (Å²) in [6, 6.07) is 11.0. The number of likely N-dealkylation sites (tertiary alicyclic amines) is 1. The first-order valence-electron chi connectivity index (χ1n) is 12.7. The minimum Gasteiger partial charge on any atom is -0.354 e. The topological polar surface area (TPSA) is 61.4 Å². The molecule has 1 saturated heterocycles. The third-order valence-electron chi connectivity index (χ3n) is 6.73. The standard InChI is InChI=1S/C29H32F3N5O/c1-21(2)36-15-11-27(12-16-36)37(28(38)8-5-22-3-6-24(7-4-22)29(30,31)32)20-23-17-26(19-34-18-23)35-25-9-13-33-14-10-25/h3-10,13-14,17-19,21,27H,11-12,15-16,20H2,1-2H3,(H,33,35). The molecule has 38 heavy (non-hydrogen) atoms. The maximum absolute atomic E-state index is 13.4. The maximum atomic E-state index is 13.4. The summed E-state index contributed by atoms with van der Waals surface area (Å²) in [6.07, 6.45) is 7.19. The predicted octanol–water partition coefficient (Wildman–Crippen LogP) is 6.15. The molecule has 200 valence electrons. The van der Waals surface area contributed by atoms with Gasteiger partial charge in [0.1, 0.15) is 0 Å². The van der Waals surface area contributed by atoms with E-state index in [1.165, 1.54) is 18.2 Å². The van der Waals surface area contributed by atoms with Crippen molar-refractivity contribution < 1.29 is 18.0 Å². The molecule has 3 aromatic rings. The Bertz CT molecular complexity index is 1220. The summed E-state index contributed by atoms with van der Waals surface area (Å²) in [5.41, 5.74) is 2.38. The molecule has 0 atom stereocenters. The van der Waals surface area contributed by atoms with Crippen molar-refractivity contribution >= 4 is 23.4 Å². The van der Waals surface area contributed by atoms with Crippen LogP contribution in [0.4, 0.5) is 24.5 Å². The quantitative estimate of drug-likeness (QED) is 0.359. The molecule has 2 aromatic heterocycles. The van der Waals surface area contributed by atoms with Crippen LogP contribution in [0.15, 0.2) is 73.3 Å². The van der Waals surface area contributed by atoms with Crippen LogP contribution in [0.2, 0.25) is 0 Å². The van der Waals surface area contributed by atoms with Gasteiger partial charge in [-0.15, -0.1) is 0 Å². The molecule has 3 heterocycles. The van der Waals surface area contributed by atoms with Crippen LogP contribution in [0.25, 0.3) is 6.08 Å². The van der Waals surface area contributed by atoms with Gasteiger partial charge in [0, 0.05) is 62.1 Å². The van der Waals surface area contributed by atoms with Gasteiger partial charge in [-0.1, -0.05) is 12.1 Å². The van der Waals surface area contributed by atoms with E-state index in [-0.39, 0.29) is 11.9 Å². The molecule has 0 bridgehead atoms. The van der Waals surface area contributed by atoms with Gasteiger partial charge in [0.25, 0.3) is 0 Å². The van der Waals surface area contributed by atoms with Crippen LogP contribution < -0.4 is 5.32 Å². The molecule has 1 amide bonds. The van der Waals surface area contributed by atoms with Crippen LogP contribution in [-0.4, -0.2) is 50.8 Å². The fourth-order valence-corrected chi connectivity index (χ4v) is 4.59. The highest BCUT2D eigenvalue weighted by Gasteiger charge is 2.30. The van der Waals surface area contributed by atoms with Crippen molar-refractivity contribution in [3.8, 4) is 0 Å². The van der Waals surface area contributed by atoms with Gasteiger partial charge in [-0.05, 0) is 74.2 Å². The van der Waals surface area contributed by atoms with E-state index in [2.05, 4.69) is 34.0 Å². The van der Waals surface area contributed by atoms with Gasteiger partial charge in [0.05, 0.1) is 17.4 Å². The molecule has 1 N–H and O–H groups in total. The summed E-state index contributed by atoms with van der Waals surface area (Å²) < 4.78 is 38.7. The van der Waals surface area contributed by atoms with Gasteiger partial charge >= 0.3 is 6.18 Å². The smallest absolute Gasteiger partial charge is 0.354 e. The highest BCUT2D eigenvalue weighted by molar-refractivity contribution is 5.92. The highest BCUT2D eigenvalue weighted by Crippen LogP contribution is 2.29. The number of rotatable bonds is 8. The van der Waals surface area contributed by atoms with Crippen molar-refractivity contribution in [2.24, 2.45) is 0 Å². The molecular formula is C29H32F3N5O. The zero-order valence-corrected chi connectivity index (χ0v) is 21.5. The summed E-state index contributed by atoms with van der Waals surface area (Å²) in [5.74, 6) is -0.180. The van der Waals surface area contributed by atoms with E-state index >= 15 is 0 Å². The van der Waals surface area contributed by atoms with Crippen LogP contribution >= 0.6 is 0 Å². The number of benzene rings is 1. The van der Waals surface area contributed by atoms with E-state index in [0.717, 1.165) is 55.0 Å². The lowest BCUT2D eigenvalue weighted by Gasteiger charge is -2.39. The first-order chi connectivity index (χ1) is 18.2. The Kier molecular flexibility index (Phi) is 8.78. The van der Waals surface area contributed by atoms with Crippen molar-refractivity contribution in [2.45, 2.75) is 51.5 Å². The van der Waals surface area contributed by atoms with E-state index in [9.17, 15) is 18.0 Å². The van der Waals surface area contributed by atoms with Gasteiger partial charge < -0.3 is 15.1 Å². The van der Waals surface area contributed by atoms with Gasteiger partial charge in [0.15, 0.2) is 0 Å². The van der Waals surface area contributed by atoms with Gasteiger partial charge in [-0.2, -0.15) is 13.2 Å². The number of anilines is 2. The van der Waals surface area contributed by atoms with Crippen LogP contribution in [0.1, 0.15) is 43.4 Å². The second-order valence-electron chi connectivity index (χ2n) is 9.72. The van der Waals surface area contributed by atoms with E-state index in [1.807, 2.05) is 23.1 Å². The minimum atomic E-state index is -4.39. The van der Waals surface area contributed by atoms with E-state index in [4.69, 9.17) is 0 Å². The maximum Gasteiger partial charge on any atom is 0.416 e. The number of alkyl halides is 3. The number of nitrogens with zero attached hydrogens (tertiary/aromatic N) is 4. The largest absolute Gasteiger partial charge is 0.416 e. The van der Waals surface area contributed by atoms with Crippen LogP contribution in [-0.2, 0) is 17.5 Å². The summed E-state index contributed by atoms with van der Waals surface area (Å²) >= 11 is 0. The number of carbonyl (C=O) groups is 1. The average Bonchev–Trinajstić information content (AvgIpc) is 2.91. The SMILES string of the molecule is CC(C)N1CCC(N(Cc2cncc(Nc3ccncc3)c2)C(=O)C=Cc2ccc(C(F)(F)F)cc2)CC1. The Morgan fingerprint density at radius 1 is 1.05 bits per heavy atom. The van der Waals surface area contributed by atoms with Crippen LogP contribution in [0, 0.1) is 0 Å². The monoisotopic (exact) mass is 523 g/mol. The molecule has 1 fully saturated rings. The third-order valence-corrected chi connectivity index (χ3v) is 6.73. The molecule has 0 spiro atoms. The summed E-state index contributed by atoms with van der Waals surface area (Å²) in [6.45, 7) is 6.51. The highest BCUT2D eigenvalue weighted by atomic mass is 19.4. The lowest BCUT2D eigenvalue weighted by molar-refractivity contribution is -0.137. The molecule has 1 aliphatic rings. The molecule has 0 unspecified atom stereocenters. The summed E-state index contributed by atoms with van der Waals surface area (Å²) in [7, 11) is 0. The Hall–Kier alpha value is -3.72. The van der Waals surface area contributed by atoms with Gasteiger partial charge in [-0.25, -0.2) is 0 Å². The Morgan fingerprint density at radius 2 is 1.74 bits per heavy atom. The van der Waals surface area contributed by atoms with Gasteiger partial charge in [0.2, 0.25) is 5.91 Å². The lowest BCUT2D eigenvalue weighted by Crippen LogP contribution is -2.48. The van der Waals surface area contributed by atoms with Crippen molar-refractivity contribution in [3.63, 3.8) is 0 Å². The van der Waals surface area contributed by atoms with Crippen LogP contribution in [0.5, 0.6) is 0 Å². The normalized spacial score (nSPS) is 15.2. The Labute approximate surface area is 221 Å². The number of hydrogen-bond acceptors (Lipinski definition) is 5. The first kappa shape index (κ1) is 27.3. The fourth-order valence-electron chi connectivity index (χ4n) is 4.59. The number of halogens is 3. The lowest BCUT2D eigenvalue weighted by atomic mass is 10.0. The minimum absolute atomic E-state index is 0.0477. The van der Waals surface area contributed by atoms with Crippen molar-refractivity contribution in [1.29, 1.82) is 0 Å². The van der Waals surface area contributed by atoms with E-state index in [0.29, 0.717) is 18.2 Å². The van der Waals surface area contributed by atoms with Crippen molar-refractivity contribution in [3.05, 3.63) is 90.0 Å². The Balaban J connectivity index is 1.51. The number of aromatic nitrogens is 2. The molecular weight excluding hydrogens is 491 g/mol. The van der Waals surface area contributed by atoms with E-state index < -0.39 is 11.7 Å². The predicted molar refractivity (Wildman–Crippen MR) is 143 cm³/mol. The number of piperidine rings is 1. The van der Waals surface area contributed by atoms with Gasteiger partial charge in [-0.3, -0.25) is 14.8 Å².